The van der Waals surface area contributed by atoms with E-state index >= 15 is 0 Å². The highest BCUT2D eigenvalue weighted by Crippen LogP contribution is 2.43. The number of para-hydroxylation sites is 1. The molecule has 1 saturated carbocycles. The van der Waals surface area contributed by atoms with E-state index in [1.807, 2.05) is 28.9 Å². The maximum Gasteiger partial charge on any atom is 0.0791 e. The summed E-state index contributed by atoms with van der Waals surface area (Å²) in [4.78, 5) is 0. The van der Waals surface area contributed by atoms with Gasteiger partial charge < -0.3 is 5.73 Å². The molecular weight excluding hydrogens is 266 g/mol. The predicted molar refractivity (Wildman–Crippen MR) is 67.7 cm³/mol. The summed E-state index contributed by atoms with van der Waals surface area (Å²) in [7, 11) is 0. The van der Waals surface area contributed by atoms with Crippen LogP contribution in [0.25, 0.3) is 5.69 Å². The van der Waals surface area contributed by atoms with E-state index in [0.717, 1.165) is 21.5 Å². The average Bonchev–Trinajstić information content (AvgIpc) is 3.04. The lowest BCUT2D eigenvalue weighted by Crippen LogP contribution is -2.03. The summed E-state index contributed by atoms with van der Waals surface area (Å²) >= 11 is 3.54. The summed E-state index contributed by atoms with van der Waals surface area (Å²) in [5.41, 5.74) is 8.99. The van der Waals surface area contributed by atoms with Crippen LogP contribution in [0.4, 0.5) is 5.69 Å². The third-order valence-corrected chi connectivity index (χ3v) is 3.55. The van der Waals surface area contributed by atoms with Crippen molar-refractivity contribution in [3.8, 4) is 5.69 Å². The molecule has 3 rings (SSSR count). The van der Waals surface area contributed by atoms with Crippen LogP contribution in [-0.4, -0.2) is 9.78 Å². The van der Waals surface area contributed by atoms with Crippen LogP contribution in [0.1, 0.15) is 24.5 Å². The summed E-state index contributed by atoms with van der Waals surface area (Å²) in [6.45, 7) is 0. The molecule has 1 aromatic carbocycles. The van der Waals surface area contributed by atoms with E-state index in [1.54, 1.807) is 6.20 Å². The molecule has 1 fully saturated rings. The van der Waals surface area contributed by atoms with Gasteiger partial charge in [-0.2, -0.15) is 5.10 Å². The first-order valence-electron chi connectivity index (χ1n) is 5.35. The van der Waals surface area contributed by atoms with Crippen molar-refractivity contribution in [1.29, 1.82) is 0 Å². The molecule has 2 aromatic rings. The molecule has 0 atom stereocenters. The number of nitrogens with zero attached hydrogens (tertiary/aromatic N) is 2. The molecule has 1 aliphatic rings. The molecule has 16 heavy (non-hydrogen) atoms. The lowest BCUT2D eigenvalue weighted by Gasteiger charge is -2.09. The van der Waals surface area contributed by atoms with Gasteiger partial charge in [-0.05, 0) is 40.9 Å². The number of aromatic nitrogens is 2. The van der Waals surface area contributed by atoms with Gasteiger partial charge in [0, 0.05) is 10.4 Å². The number of hydrogen-bond acceptors (Lipinski definition) is 2. The topological polar surface area (TPSA) is 43.8 Å². The Hall–Kier alpha value is -1.29. The zero-order chi connectivity index (χ0) is 11.1. The molecule has 0 saturated heterocycles. The largest absolute Gasteiger partial charge is 0.396 e. The molecule has 1 aliphatic carbocycles. The Kier molecular flexibility index (Phi) is 2.24. The van der Waals surface area contributed by atoms with Crippen LogP contribution in [0.5, 0.6) is 0 Å². The van der Waals surface area contributed by atoms with Crippen LogP contribution in [0, 0.1) is 0 Å². The Balaban J connectivity index is 2.16. The fourth-order valence-electron chi connectivity index (χ4n) is 1.95. The van der Waals surface area contributed by atoms with Gasteiger partial charge in [0.1, 0.15) is 0 Å². The number of benzene rings is 1. The molecule has 0 radical (unpaired) electrons. The fraction of sp³-hybridized carbons (Fsp3) is 0.250. The molecule has 1 aromatic heterocycles. The van der Waals surface area contributed by atoms with Crippen molar-refractivity contribution in [2.75, 3.05) is 5.73 Å². The number of nitrogens with two attached hydrogens (primary N) is 1. The Morgan fingerprint density at radius 3 is 2.75 bits per heavy atom. The third-order valence-electron chi connectivity index (χ3n) is 2.88. The van der Waals surface area contributed by atoms with E-state index in [0.29, 0.717) is 5.92 Å². The van der Waals surface area contributed by atoms with Gasteiger partial charge in [-0.15, -0.1) is 0 Å². The second kappa shape index (κ2) is 3.63. The zero-order valence-corrected chi connectivity index (χ0v) is 10.3. The molecule has 2 N–H and O–H groups in total. The van der Waals surface area contributed by atoms with Crippen LogP contribution in [-0.2, 0) is 0 Å². The van der Waals surface area contributed by atoms with Crippen molar-refractivity contribution in [3.05, 3.63) is 40.6 Å². The quantitative estimate of drug-likeness (QED) is 0.917. The Bertz CT molecular complexity index is 529. The second-order valence-corrected chi connectivity index (χ2v) is 4.98. The number of nitrogen functional groups attached to an aromatic ring is 1. The van der Waals surface area contributed by atoms with Gasteiger partial charge in [0.15, 0.2) is 0 Å². The van der Waals surface area contributed by atoms with Gasteiger partial charge in [-0.1, -0.05) is 12.1 Å². The second-order valence-electron chi connectivity index (χ2n) is 4.12. The van der Waals surface area contributed by atoms with Gasteiger partial charge in [-0.25, -0.2) is 4.68 Å². The van der Waals surface area contributed by atoms with Crippen LogP contribution >= 0.6 is 15.9 Å². The lowest BCUT2D eigenvalue weighted by molar-refractivity contribution is 0.806. The Morgan fingerprint density at radius 2 is 2.06 bits per heavy atom. The van der Waals surface area contributed by atoms with E-state index in [2.05, 4.69) is 21.0 Å². The molecule has 1 heterocycles. The minimum absolute atomic E-state index is 0.592. The van der Waals surface area contributed by atoms with E-state index in [4.69, 9.17) is 5.73 Å². The van der Waals surface area contributed by atoms with E-state index in [1.165, 1.54) is 12.8 Å². The van der Waals surface area contributed by atoms with Crippen LogP contribution in [0.2, 0.25) is 0 Å². The molecular formula is C12H12BrN3. The van der Waals surface area contributed by atoms with Crippen molar-refractivity contribution in [3.63, 3.8) is 0 Å². The van der Waals surface area contributed by atoms with Crippen LogP contribution in [0.15, 0.2) is 34.9 Å². The predicted octanol–water partition coefficient (Wildman–Crippen LogP) is 3.09. The molecule has 0 spiro atoms. The average molecular weight is 278 g/mol. The molecule has 4 heteroatoms. The zero-order valence-electron chi connectivity index (χ0n) is 8.73. The first kappa shape index (κ1) is 9.90. The molecule has 0 amide bonds. The molecule has 3 nitrogen and oxygen atoms in total. The maximum absolute atomic E-state index is 5.97. The summed E-state index contributed by atoms with van der Waals surface area (Å²) in [6, 6.07) is 8.07. The molecule has 0 unspecified atom stereocenters. The van der Waals surface area contributed by atoms with Crippen LogP contribution < -0.4 is 5.73 Å². The van der Waals surface area contributed by atoms with Gasteiger partial charge in [0.25, 0.3) is 0 Å². The van der Waals surface area contributed by atoms with Crippen molar-refractivity contribution >= 4 is 21.6 Å². The van der Waals surface area contributed by atoms with Crippen molar-refractivity contribution in [2.45, 2.75) is 18.8 Å². The maximum atomic E-state index is 5.97. The van der Waals surface area contributed by atoms with E-state index in [9.17, 15) is 0 Å². The van der Waals surface area contributed by atoms with E-state index in [-0.39, 0.29) is 0 Å². The fourth-order valence-corrected chi connectivity index (χ4v) is 2.40. The van der Waals surface area contributed by atoms with Crippen molar-refractivity contribution < 1.29 is 0 Å². The summed E-state index contributed by atoms with van der Waals surface area (Å²) in [5, 5.41) is 4.37. The number of halogens is 1. The normalized spacial score (nSPS) is 15.3. The van der Waals surface area contributed by atoms with Crippen molar-refractivity contribution in [2.24, 2.45) is 0 Å². The van der Waals surface area contributed by atoms with Crippen molar-refractivity contribution in [1.82, 2.24) is 9.78 Å². The smallest absolute Gasteiger partial charge is 0.0791 e. The van der Waals surface area contributed by atoms with Gasteiger partial charge >= 0.3 is 0 Å². The highest BCUT2D eigenvalue weighted by molar-refractivity contribution is 9.10. The van der Waals surface area contributed by atoms with Crippen LogP contribution in [0.3, 0.4) is 0 Å². The number of anilines is 1. The minimum atomic E-state index is 0.592. The number of hydrogen-bond donors (Lipinski definition) is 1. The standard InChI is InChI=1S/C12H12BrN3/c13-9-3-1-2-4-11(9)16-12(8-5-6-8)10(14)7-15-16/h1-4,7-8H,5-6,14H2. The Labute approximate surface area is 102 Å². The first-order chi connectivity index (χ1) is 7.77. The highest BCUT2D eigenvalue weighted by atomic mass is 79.9. The summed E-state index contributed by atoms with van der Waals surface area (Å²) < 4.78 is 3.00. The lowest BCUT2D eigenvalue weighted by atomic mass is 10.2. The first-order valence-corrected chi connectivity index (χ1v) is 6.15. The SMILES string of the molecule is Nc1cnn(-c2ccccc2Br)c1C1CC1. The molecule has 0 bridgehead atoms. The van der Waals surface area contributed by atoms with E-state index < -0.39 is 0 Å². The monoisotopic (exact) mass is 277 g/mol. The number of rotatable bonds is 2. The summed E-state index contributed by atoms with van der Waals surface area (Å²) in [5.74, 6) is 0.592. The third kappa shape index (κ3) is 1.53. The molecule has 0 aliphatic heterocycles. The van der Waals surface area contributed by atoms with Gasteiger partial charge in [0.2, 0.25) is 0 Å². The highest BCUT2D eigenvalue weighted by Gasteiger charge is 2.30. The van der Waals surface area contributed by atoms with Gasteiger partial charge in [0.05, 0.1) is 23.3 Å². The molecule has 82 valence electrons. The minimum Gasteiger partial charge on any atom is -0.396 e. The summed E-state index contributed by atoms with van der Waals surface area (Å²) in [6.07, 6.45) is 4.19. The van der Waals surface area contributed by atoms with Gasteiger partial charge in [-0.3, -0.25) is 0 Å². The Morgan fingerprint density at radius 1 is 1.31 bits per heavy atom.